The van der Waals surface area contributed by atoms with Crippen LogP contribution in [0.15, 0.2) is 48.5 Å². The van der Waals surface area contributed by atoms with Crippen LogP contribution in [0.1, 0.15) is 44.6 Å². The molecule has 5 nitrogen and oxygen atoms in total. The molecule has 0 radical (unpaired) electrons. The third kappa shape index (κ3) is 5.26. The largest absolute Gasteiger partial charge is 0.493 e. The highest BCUT2D eigenvalue weighted by molar-refractivity contribution is 5.83. The van der Waals surface area contributed by atoms with Gasteiger partial charge in [-0.25, -0.2) is 0 Å². The highest BCUT2D eigenvalue weighted by Gasteiger charge is 2.25. The van der Waals surface area contributed by atoms with Crippen molar-refractivity contribution in [2.24, 2.45) is 5.92 Å². The second-order valence-corrected chi connectivity index (χ2v) is 8.41. The summed E-state index contributed by atoms with van der Waals surface area (Å²) in [7, 11) is 0. The SMILES string of the molecule is CCNC(=O)C(C)c1ccc(O[C@@H]2CCN(c3ccc(OCC4CC4)cc3)C2)cc1. The Hall–Kier alpha value is -2.69. The smallest absolute Gasteiger partial charge is 0.227 e. The number of likely N-dealkylation sites (N-methyl/N-ethyl adjacent to an activating group) is 1. The van der Waals surface area contributed by atoms with Crippen molar-refractivity contribution in [3.63, 3.8) is 0 Å². The van der Waals surface area contributed by atoms with Crippen molar-refractivity contribution in [1.29, 1.82) is 0 Å². The lowest BCUT2D eigenvalue weighted by molar-refractivity contribution is -0.122. The first-order chi connectivity index (χ1) is 14.6. The van der Waals surface area contributed by atoms with Gasteiger partial charge in [0.05, 0.1) is 19.1 Å². The molecule has 1 amide bonds. The van der Waals surface area contributed by atoms with E-state index in [1.165, 1.54) is 18.5 Å². The van der Waals surface area contributed by atoms with Gasteiger partial charge in [-0.05, 0) is 74.6 Å². The van der Waals surface area contributed by atoms with Gasteiger partial charge in [-0.2, -0.15) is 0 Å². The highest BCUT2D eigenvalue weighted by Crippen LogP contribution is 2.30. The first-order valence-corrected chi connectivity index (χ1v) is 11.1. The molecule has 1 saturated heterocycles. The standard InChI is InChI=1S/C25H32N2O3/c1-3-26-25(28)18(2)20-6-10-23(11-7-20)30-24-14-15-27(16-24)21-8-12-22(13-9-21)29-17-19-4-5-19/h6-13,18-19,24H,3-5,14-17H2,1-2H3,(H,26,28)/t18?,24-/m1/s1. The average molecular weight is 409 g/mol. The Bertz CT molecular complexity index is 830. The van der Waals surface area contributed by atoms with E-state index < -0.39 is 0 Å². The molecule has 2 aliphatic rings. The predicted octanol–water partition coefficient (Wildman–Crippen LogP) is 4.37. The molecule has 1 aliphatic heterocycles. The Morgan fingerprint density at radius 3 is 2.43 bits per heavy atom. The van der Waals surface area contributed by atoms with Gasteiger partial charge >= 0.3 is 0 Å². The summed E-state index contributed by atoms with van der Waals surface area (Å²) in [6.07, 6.45) is 3.78. The molecule has 0 bridgehead atoms. The van der Waals surface area contributed by atoms with Crippen molar-refractivity contribution in [2.45, 2.75) is 45.1 Å². The van der Waals surface area contributed by atoms with E-state index in [4.69, 9.17) is 9.47 Å². The van der Waals surface area contributed by atoms with Crippen molar-refractivity contribution >= 4 is 11.6 Å². The molecule has 1 heterocycles. The number of hydrogen-bond donors (Lipinski definition) is 1. The first kappa shape index (κ1) is 20.6. The summed E-state index contributed by atoms with van der Waals surface area (Å²) in [5.74, 6) is 2.49. The van der Waals surface area contributed by atoms with E-state index >= 15 is 0 Å². The molecular weight excluding hydrogens is 376 g/mol. The fourth-order valence-corrected chi connectivity index (χ4v) is 3.82. The summed E-state index contributed by atoms with van der Waals surface area (Å²) in [5.41, 5.74) is 2.22. The van der Waals surface area contributed by atoms with E-state index in [0.717, 1.165) is 49.1 Å². The van der Waals surface area contributed by atoms with Crippen LogP contribution >= 0.6 is 0 Å². The van der Waals surface area contributed by atoms with E-state index in [0.29, 0.717) is 6.54 Å². The van der Waals surface area contributed by atoms with Gasteiger partial charge in [0.1, 0.15) is 17.6 Å². The van der Waals surface area contributed by atoms with Crippen molar-refractivity contribution in [2.75, 3.05) is 31.1 Å². The van der Waals surface area contributed by atoms with E-state index in [9.17, 15) is 4.79 Å². The molecule has 2 atom stereocenters. The van der Waals surface area contributed by atoms with Gasteiger partial charge in [-0.3, -0.25) is 4.79 Å². The molecule has 2 aromatic rings. The van der Waals surface area contributed by atoms with Crippen LogP contribution in [-0.2, 0) is 4.79 Å². The lowest BCUT2D eigenvalue weighted by Crippen LogP contribution is -2.27. The summed E-state index contributed by atoms with van der Waals surface area (Å²) in [6, 6.07) is 16.3. The Balaban J connectivity index is 1.27. The van der Waals surface area contributed by atoms with Crippen LogP contribution in [0.4, 0.5) is 5.69 Å². The fraction of sp³-hybridized carbons (Fsp3) is 0.480. The molecule has 30 heavy (non-hydrogen) atoms. The number of ether oxygens (including phenoxy) is 2. The molecular formula is C25H32N2O3. The van der Waals surface area contributed by atoms with Gasteiger partial charge in [0, 0.05) is 25.2 Å². The number of anilines is 1. The van der Waals surface area contributed by atoms with Crippen LogP contribution in [0.2, 0.25) is 0 Å². The molecule has 0 aromatic heterocycles. The minimum atomic E-state index is -0.155. The molecule has 1 unspecified atom stereocenters. The van der Waals surface area contributed by atoms with Crippen molar-refractivity contribution in [1.82, 2.24) is 5.32 Å². The summed E-state index contributed by atoms with van der Waals surface area (Å²) in [5, 5.41) is 2.87. The van der Waals surface area contributed by atoms with Gasteiger partial charge in [0.25, 0.3) is 0 Å². The number of carbonyl (C=O) groups is 1. The summed E-state index contributed by atoms with van der Waals surface area (Å²) < 4.78 is 12.0. The number of carbonyl (C=O) groups excluding carboxylic acids is 1. The molecule has 160 valence electrons. The normalized spacial score (nSPS) is 19.4. The van der Waals surface area contributed by atoms with E-state index in [1.54, 1.807) is 0 Å². The maximum absolute atomic E-state index is 12.0. The Labute approximate surface area is 179 Å². The van der Waals surface area contributed by atoms with Crippen LogP contribution in [-0.4, -0.2) is 38.3 Å². The minimum absolute atomic E-state index is 0.0570. The third-order valence-corrected chi connectivity index (χ3v) is 5.96. The number of rotatable bonds is 9. The topological polar surface area (TPSA) is 50.8 Å². The molecule has 1 aliphatic carbocycles. The molecule has 1 saturated carbocycles. The quantitative estimate of drug-likeness (QED) is 0.669. The summed E-state index contributed by atoms with van der Waals surface area (Å²) in [4.78, 5) is 14.4. The van der Waals surface area contributed by atoms with Crippen molar-refractivity contribution in [3.8, 4) is 11.5 Å². The van der Waals surface area contributed by atoms with Gasteiger partial charge in [-0.1, -0.05) is 12.1 Å². The van der Waals surface area contributed by atoms with Gasteiger partial charge in [0.2, 0.25) is 5.91 Å². The van der Waals surface area contributed by atoms with Crippen LogP contribution in [0.5, 0.6) is 11.5 Å². The van der Waals surface area contributed by atoms with Crippen molar-refractivity contribution < 1.29 is 14.3 Å². The van der Waals surface area contributed by atoms with Gasteiger partial charge < -0.3 is 19.7 Å². The molecule has 0 spiro atoms. The molecule has 2 aromatic carbocycles. The van der Waals surface area contributed by atoms with Gasteiger partial charge in [-0.15, -0.1) is 0 Å². The number of benzene rings is 2. The number of hydrogen-bond acceptors (Lipinski definition) is 4. The van der Waals surface area contributed by atoms with Crippen LogP contribution in [0, 0.1) is 5.92 Å². The van der Waals surface area contributed by atoms with E-state index in [2.05, 4.69) is 34.5 Å². The molecule has 2 fully saturated rings. The lowest BCUT2D eigenvalue weighted by Gasteiger charge is -2.20. The molecule has 5 heteroatoms. The highest BCUT2D eigenvalue weighted by atomic mass is 16.5. The number of nitrogens with zero attached hydrogens (tertiary/aromatic N) is 1. The lowest BCUT2D eigenvalue weighted by atomic mass is 10.0. The Kier molecular flexibility index (Phi) is 6.46. The number of nitrogens with one attached hydrogen (secondary N) is 1. The summed E-state index contributed by atoms with van der Waals surface area (Å²) in [6.45, 7) is 7.22. The van der Waals surface area contributed by atoms with Crippen LogP contribution in [0.3, 0.4) is 0 Å². The van der Waals surface area contributed by atoms with E-state index in [1.807, 2.05) is 38.1 Å². The zero-order valence-electron chi connectivity index (χ0n) is 18.0. The Morgan fingerprint density at radius 1 is 1.07 bits per heavy atom. The average Bonchev–Trinajstić information content (AvgIpc) is 3.49. The van der Waals surface area contributed by atoms with Crippen LogP contribution < -0.4 is 19.7 Å². The number of amides is 1. The maximum atomic E-state index is 12.0. The summed E-state index contributed by atoms with van der Waals surface area (Å²) >= 11 is 0. The zero-order valence-corrected chi connectivity index (χ0v) is 18.0. The zero-order chi connectivity index (χ0) is 20.9. The fourth-order valence-electron chi connectivity index (χ4n) is 3.82. The maximum Gasteiger partial charge on any atom is 0.227 e. The second-order valence-electron chi connectivity index (χ2n) is 8.41. The first-order valence-electron chi connectivity index (χ1n) is 11.1. The molecule has 1 N–H and O–H groups in total. The van der Waals surface area contributed by atoms with E-state index in [-0.39, 0.29) is 17.9 Å². The van der Waals surface area contributed by atoms with Gasteiger partial charge in [0.15, 0.2) is 0 Å². The van der Waals surface area contributed by atoms with Crippen molar-refractivity contribution in [3.05, 3.63) is 54.1 Å². The molecule has 4 rings (SSSR count). The Morgan fingerprint density at radius 2 is 1.77 bits per heavy atom. The second kappa shape index (κ2) is 9.41. The monoisotopic (exact) mass is 408 g/mol. The predicted molar refractivity (Wildman–Crippen MR) is 119 cm³/mol. The minimum Gasteiger partial charge on any atom is -0.493 e. The van der Waals surface area contributed by atoms with Crippen LogP contribution in [0.25, 0.3) is 0 Å². The third-order valence-electron chi connectivity index (χ3n) is 5.96.